The van der Waals surface area contributed by atoms with Gasteiger partial charge in [-0.15, -0.1) is 0 Å². The van der Waals surface area contributed by atoms with Gasteiger partial charge in [-0.2, -0.15) is 13.2 Å². The van der Waals surface area contributed by atoms with Crippen LogP contribution in [-0.2, 0) is 6.18 Å². The number of Topliss-reactive ketones (excluding diaryl/α,β-unsaturated/α-hetero) is 1. The highest BCUT2D eigenvalue weighted by molar-refractivity contribution is 6.32. The van der Waals surface area contributed by atoms with Crippen LogP contribution >= 0.6 is 0 Å². The Morgan fingerprint density at radius 3 is 1.77 bits per heavy atom. The molecule has 0 aliphatic heterocycles. The molecule has 0 unspecified atom stereocenters. The topological polar surface area (TPSA) is 17.1 Å². The SMILES string of the molecule is O=C(/C(=C/c1ccccc1)c1ccccc1)c1ccc(C(F)(F)F)cc1. The Balaban J connectivity index is 2.02. The van der Waals surface area contributed by atoms with E-state index in [0.29, 0.717) is 11.1 Å². The first-order chi connectivity index (χ1) is 12.4. The van der Waals surface area contributed by atoms with Gasteiger partial charge in [-0.1, -0.05) is 72.8 Å². The summed E-state index contributed by atoms with van der Waals surface area (Å²) in [6, 6.07) is 22.7. The van der Waals surface area contributed by atoms with Crippen LogP contribution in [0.15, 0.2) is 84.9 Å². The smallest absolute Gasteiger partial charge is 0.289 e. The van der Waals surface area contributed by atoms with E-state index in [0.717, 1.165) is 17.7 Å². The molecule has 0 atom stereocenters. The van der Waals surface area contributed by atoms with Crippen molar-refractivity contribution in [3.8, 4) is 0 Å². The molecule has 0 aliphatic rings. The lowest BCUT2D eigenvalue weighted by Crippen LogP contribution is -2.07. The van der Waals surface area contributed by atoms with Crippen LogP contribution in [0.25, 0.3) is 11.6 Å². The molecule has 0 spiro atoms. The van der Waals surface area contributed by atoms with E-state index in [-0.39, 0.29) is 11.3 Å². The zero-order chi connectivity index (χ0) is 18.6. The van der Waals surface area contributed by atoms with Crippen molar-refractivity contribution in [3.63, 3.8) is 0 Å². The van der Waals surface area contributed by atoms with Crippen LogP contribution in [0.4, 0.5) is 13.2 Å². The van der Waals surface area contributed by atoms with Crippen LogP contribution in [0.2, 0.25) is 0 Å². The molecule has 0 N–H and O–H groups in total. The molecule has 0 amide bonds. The van der Waals surface area contributed by atoms with E-state index in [2.05, 4.69) is 0 Å². The number of rotatable bonds is 4. The molecule has 4 heteroatoms. The Hall–Kier alpha value is -3.14. The van der Waals surface area contributed by atoms with Gasteiger partial charge in [0.2, 0.25) is 0 Å². The minimum Gasteiger partial charge on any atom is -0.289 e. The number of ketones is 1. The fraction of sp³-hybridized carbons (Fsp3) is 0.0455. The first-order valence-electron chi connectivity index (χ1n) is 7.99. The van der Waals surface area contributed by atoms with E-state index in [1.54, 1.807) is 18.2 Å². The molecule has 0 fully saturated rings. The van der Waals surface area contributed by atoms with E-state index >= 15 is 0 Å². The van der Waals surface area contributed by atoms with Gasteiger partial charge in [0.1, 0.15) is 0 Å². The lowest BCUT2D eigenvalue weighted by Gasteiger charge is -2.10. The van der Waals surface area contributed by atoms with Crippen molar-refractivity contribution in [2.24, 2.45) is 0 Å². The highest BCUT2D eigenvalue weighted by Gasteiger charge is 2.30. The van der Waals surface area contributed by atoms with Crippen molar-refractivity contribution in [2.75, 3.05) is 0 Å². The maximum absolute atomic E-state index is 13.0. The van der Waals surface area contributed by atoms with Gasteiger partial charge in [0, 0.05) is 11.1 Å². The third-order valence-corrected chi connectivity index (χ3v) is 3.91. The number of allylic oxidation sites excluding steroid dienone is 1. The fourth-order valence-electron chi connectivity index (χ4n) is 2.58. The number of benzene rings is 3. The lowest BCUT2D eigenvalue weighted by molar-refractivity contribution is -0.137. The molecule has 0 heterocycles. The van der Waals surface area contributed by atoms with Crippen molar-refractivity contribution < 1.29 is 18.0 Å². The average Bonchev–Trinajstić information content (AvgIpc) is 2.66. The summed E-state index contributed by atoms with van der Waals surface area (Å²) in [7, 11) is 0. The molecule has 0 bridgehead atoms. The molecule has 0 saturated heterocycles. The standard InChI is InChI=1S/C22H15F3O/c23-22(24,25)19-13-11-18(12-14-19)21(26)20(17-9-5-2-6-10-17)15-16-7-3-1-4-8-16/h1-15H/b20-15+. The third kappa shape index (κ3) is 4.09. The van der Waals surface area contributed by atoms with E-state index in [9.17, 15) is 18.0 Å². The van der Waals surface area contributed by atoms with Crippen LogP contribution in [0.3, 0.4) is 0 Å². The number of carbonyl (C=O) groups is 1. The Morgan fingerprint density at radius 1 is 0.692 bits per heavy atom. The summed E-state index contributed by atoms with van der Waals surface area (Å²) in [4.78, 5) is 13.0. The molecule has 26 heavy (non-hydrogen) atoms. The van der Waals surface area contributed by atoms with Gasteiger partial charge >= 0.3 is 6.18 Å². The van der Waals surface area contributed by atoms with Gasteiger partial charge < -0.3 is 0 Å². The molecule has 0 radical (unpaired) electrons. The quantitative estimate of drug-likeness (QED) is 0.314. The Bertz CT molecular complexity index is 909. The summed E-state index contributed by atoms with van der Waals surface area (Å²) in [5, 5.41) is 0. The predicted molar refractivity (Wildman–Crippen MR) is 96.5 cm³/mol. The maximum Gasteiger partial charge on any atom is 0.416 e. The van der Waals surface area contributed by atoms with Gasteiger partial charge in [-0.3, -0.25) is 4.79 Å². The second kappa shape index (κ2) is 7.40. The Kier molecular flexibility index (Phi) is 5.03. The molecular formula is C22H15F3O. The van der Waals surface area contributed by atoms with Crippen molar-refractivity contribution in [2.45, 2.75) is 6.18 Å². The van der Waals surface area contributed by atoms with Gasteiger partial charge in [0.15, 0.2) is 5.78 Å². The van der Waals surface area contributed by atoms with E-state index in [1.165, 1.54) is 12.1 Å². The second-order valence-electron chi connectivity index (χ2n) is 5.74. The zero-order valence-corrected chi connectivity index (χ0v) is 13.7. The predicted octanol–water partition coefficient (Wildman–Crippen LogP) is 6.13. The Labute approximate surface area is 149 Å². The highest BCUT2D eigenvalue weighted by Crippen LogP contribution is 2.30. The van der Waals surface area contributed by atoms with Gasteiger partial charge in [0.25, 0.3) is 0 Å². The first-order valence-corrected chi connectivity index (χ1v) is 7.99. The van der Waals surface area contributed by atoms with Gasteiger partial charge in [0.05, 0.1) is 5.56 Å². The summed E-state index contributed by atoms with van der Waals surface area (Å²) in [6.07, 6.45) is -2.68. The minimum atomic E-state index is -4.43. The zero-order valence-electron chi connectivity index (χ0n) is 13.7. The summed E-state index contributed by atoms with van der Waals surface area (Å²) < 4.78 is 38.2. The highest BCUT2D eigenvalue weighted by atomic mass is 19.4. The molecule has 0 aromatic heterocycles. The molecule has 1 nitrogen and oxygen atoms in total. The van der Waals surface area contributed by atoms with Crippen molar-refractivity contribution >= 4 is 17.4 Å². The van der Waals surface area contributed by atoms with E-state index < -0.39 is 11.7 Å². The second-order valence-corrected chi connectivity index (χ2v) is 5.74. The summed E-state index contributed by atoms with van der Waals surface area (Å²) in [6.45, 7) is 0. The van der Waals surface area contributed by atoms with Gasteiger partial charge in [-0.25, -0.2) is 0 Å². The van der Waals surface area contributed by atoms with Crippen LogP contribution < -0.4 is 0 Å². The van der Waals surface area contributed by atoms with Crippen LogP contribution in [0, 0.1) is 0 Å². The van der Waals surface area contributed by atoms with Gasteiger partial charge in [-0.05, 0) is 29.3 Å². The molecule has 3 aromatic rings. The number of alkyl halides is 3. The summed E-state index contributed by atoms with van der Waals surface area (Å²) in [5.74, 6) is -0.325. The Morgan fingerprint density at radius 2 is 1.23 bits per heavy atom. The fourth-order valence-corrected chi connectivity index (χ4v) is 2.58. The monoisotopic (exact) mass is 352 g/mol. The molecule has 3 rings (SSSR count). The van der Waals surface area contributed by atoms with Crippen LogP contribution in [-0.4, -0.2) is 5.78 Å². The van der Waals surface area contributed by atoms with Crippen LogP contribution in [0.5, 0.6) is 0 Å². The van der Waals surface area contributed by atoms with E-state index in [1.807, 2.05) is 48.5 Å². The third-order valence-electron chi connectivity index (χ3n) is 3.91. The molecule has 0 saturated carbocycles. The van der Waals surface area contributed by atoms with Crippen molar-refractivity contribution in [1.29, 1.82) is 0 Å². The molecular weight excluding hydrogens is 337 g/mol. The number of hydrogen-bond donors (Lipinski definition) is 0. The van der Waals surface area contributed by atoms with Crippen molar-refractivity contribution in [3.05, 3.63) is 107 Å². The lowest BCUT2D eigenvalue weighted by atomic mass is 9.94. The first kappa shape index (κ1) is 17.7. The number of carbonyl (C=O) groups excluding carboxylic acids is 1. The molecule has 0 aliphatic carbocycles. The average molecular weight is 352 g/mol. The van der Waals surface area contributed by atoms with Crippen molar-refractivity contribution in [1.82, 2.24) is 0 Å². The number of hydrogen-bond acceptors (Lipinski definition) is 1. The normalized spacial score (nSPS) is 12.0. The summed E-state index contributed by atoms with van der Waals surface area (Å²) >= 11 is 0. The largest absolute Gasteiger partial charge is 0.416 e. The minimum absolute atomic E-state index is 0.212. The maximum atomic E-state index is 13.0. The summed E-state index contributed by atoms with van der Waals surface area (Å²) in [5.41, 5.74) is 1.41. The molecule has 130 valence electrons. The van der Waals surface area contributed by atoms with E-state index in [4.69, 9.17) is 0 Å². The van der Waals surface area contributed by atoms with Crippen LogP contribution in [0.1, 0.15) is 27.0 Å². The molecule has 3 aromatic carbocycles. The number of halogens is 3.